The Morgan fingerprint density at radius 3 is 2.42 bits per heavy atom. The molecule has 0 radical (unpaired) electrons. The summed E-state index contributed by atoms with van der Waals surface area (Å²) in [5.41, 5.74) is 2.29. The van der Waals surface area contributed by atoms with Gasteiger partial charge in [0.15, 0.2) is 0 Å². The molecular weight excluding hydrogens is 305 g/mol. The number of hydrogen-bond donors (Lipinski definition) is 1. The molecule has 0 spiro atoms. The predicted octanol–water partition coefficient (Wildman–Crippen LogP) is 3.09. The summed E-state index contributed by atoms with van der Waals surface area (Å²) in [6.45, 7) is 0. The Labute approximate surface area is 139 Å². The molecule has 120 valence electrons. The van der Waals surface area contributed by atoms with E-state index in [9.17, 15) is 9.50 Å². The fraction of sp³-hybridized carbons (Fsp3) is 0.158. The summed E-state index contributed by atoms with van der Waals surface area (Å²) in [6, 6.07) is 15.0. The van der Waals surface area contributed by atoms with Crippen molar-refractivity contribution in [2.75, 3.05) is 0 Å². The highest BCUT2D eigenvalue weighted by molar-refractivity contribution is 5.34. The summed E-state index contributed by atoms with van der Waals surface area (Å²) in [5, 5.41) is 19.7. The molecule has 24 heavy (non-hydrogen) atoms. The van der Waals surface area contributed by atoms with Gasteiger partial charge in [0, 0.05) is 18.8 Å². The zero-order valence-electron chi connectivity index (χ0n) is 12.9. The minimum atomic E-state index is -0.724. The smallest absolute Gasteiger partial charge is 0.123 e. The standard InChI is InChI=1S/C19H16FN3O/c20-17-7-3-14(4-8-17)11-18(24)19(23-10-9-22-13-23)16-5-1-15(12-21)2-6-16/h1-10,13,18-19,24H,11H2. The van der Waals surface area contributed by atoms with Crippen molar-refractivity contribution in [2.24, 2.45) is 0 Å². The molecule has 2 atom stereocenters. The number of rotatable bonds is 5. The maximum absolute atomic E-state index is 13.0. The van der Waals surface area contributed by atoms with Crippen LogP contribution < -0.4 is 0 Å². The predicted molar refractivity (Wildman–Crippen MR) is 87.6 cm³/mol. The number of aromatic nitrogens is 2. The summed E-state index contributed by atoms with van der Waals surface area (Å²) in [7, 11) is 0. The number of nitrogens with zero attached hydrogens (tertiary/aromatic N) is 3. The van der Waals surface area contributed by atoms with Gasteiger partial charge in [-0.1, -0.05) is 24.3 Å². The monoisotopic (exact) mass is 321 g/mol. The average molecular weight is 321 g/mol. The third-order valence-electron chi connectivity index (χ3n) is 3.95. The van der Waals surface area contributed by atoms with Gasteiger partial charge in [-0.3, -0.25) is 0 Å². The van der Waals surface area contributed by atoms with E-state index < -0.39 is 6.10 Å². The first-order valence-corrected chi connectivity index (χ1v) is 7.57. The van der Waals surface area contributed by atoms with Gasteiger partial charge in [-0.2, -0.15) is 5.26 Å². The molecule has 1 heterocycles. The third-order valence-corrected chi connectivity index (χ3v) is 3.95. The number of nitriles is 1. The quantitative estimate of drug-likeness (QED) is 0.785. The Hall–Kier alpha value is -2.97. The van der Waals surface area contributed by atoms with E-state index in [-0.39, 0.29) is 11.9 Å². The van der Waals surface area contributed by atoms with E-state index in [0.717, 1.165) is 11.1 Å². The Morgan fingerprint density at radius 2 is 1.83 bits per heavy atom. The van der Waals surface area contributed by atoms with Crippen molar-refractivity contribution in [1.29, 1.82) is 5.26 Å². The van der Waals surface area contributed by atoms with Crippen LogP contribution in [0.25, 0.3) is 0 Å². The molecule has 3 aromatic rings. The van der Waals surface area contributed by atoms with Gasteiger partial charge >= 0.3 is 0 Å². The molecular formula is C19H16FN3O. The second-order valence-corrected chi connectivity index (χ2v) is 5.59. The summed E-state index contributed by atoms with van der Waals surface area (Å²) in [5.74, 6) is -0.300. The van der Waals surface area contributed by atoms with Crippen LogP contribution in [0.2, 0.25) is 0 Å². The average Bonchev–Trinajstić information content (AvgIpc) is 3.12. The lowest BCUT2D eigenvalue weighted by Crippen LogP contribution is -2.26. The van der Waals surface area contributed by atoms with E-state index in [1.807, 2.05) is 16.7 Å². The van der Waals surface area contributed by atoms with Crippen molar-refractivity contribution in [1.82, 2.24) is 9.55 Å². The Bertz CT molecular complexity index is 821. The molecule has 1 N–H and O–H groups in total. The number of hydrogen-bond acceptors (Lipinski definition) is 3. The minimum absolute atomic E-state index is 0.300. The minimum Gasteiger partial charge on any atom is -0.390 e. The van der Waals surface area contributed by atoms with Crippen LogP contribution in [0.4, 0.5) is 4.39 Å². The molecule has 0 aliphatic heterocycles. The second-order valence-electron chi connectivity index (χ2n) is 5.59. The zero-order chi connectivity index (χ0) is 16.9. The lowest BCUT2D eigenvalue weighted by atomic mass is 9.95. The topological polar surface area (TPSA) is 61.8 Å². The molecule has 2 aromatic carbocycles. The van der Waals surface area contributed by atoms with Crippen LogP contribution in [-0.2, 0) is 6.42 Å². The highest BCUT2D eigenvalue weighted by atomic mass is 19.1. The van der Waals surface area contributed by atoms with Gasteiger partial charge in [0.1, 0.15) is 5.82 Å². The van der Waals surface area contributed by atoms with Gasteiger partial charge in [-0.15, -0.1) is 0 Å². The highest BCUT2D eigenvalue weighted by Gasteiger charge is 2.23. The van der Waals surface area contributed by atoms with E-state index in [1.165, 1.54) is 12.1 Å². The fourth-order valence-electron chi connectivity index (χ4n) is 2.76. The van der Waals surface area contributed by atoms with Crippen molar-refractivity contribution in [3.05, 3.63) is 89.8 Å². The first kappa shape index (κ1) is 15.9. The van der Waals surface area contributed by atoms with Crippen molar-refractivity contribution in [2.45, 2.75) is 18.6 Å². The van der Waals surface area contributed by atoms with E-state index in [0.29, 0.717) is 12.0 Å². The fourth-order valence-corrected chi connectivity index (χ4v) is 2.76. The van der Waals surface area contributed by atoms with E-state index in [1.54, 1.807) is 43.0 Å². The molecule has 0 saturated heterocycles. The largest absolute Gasteiger partial charge is 0.390 e. The Kier molecular flexibility index (Phi) is 4.69. The molecule has 0 fully saturated rings. The molecule has 0 aliphatic carbocycles. The molecule has 3 rings (SSSR count). The van der Waals surface area contributed by atoms with E-state index >= 15 is 0 Å². The second kappa shape index (κ2) is 7.07. The van der Waals surface area contributed by atoms with E-state index in [2.05, 4.69) is 11.1 Å². The molecule has 0 saturated carbocycles. The van der Waals surface area contributed by atoms with Gasteiger partial charge in [-0.05, 0) is 35.4 Å². The lowest BCUT2D eigenvalue weighted by Gasteiger charge is -2.25. The maximum atomic E-state index is 13.0. The Morgan fingerprint density at radius 1 is 1.12 bits per heavy atom. The van der Waals surface area contributed by atoms with Gasteiger partial charge < -0.3 is 9.67 Å². The zero-order valence-corrected chi connectivity index (χ0v) is 12.9. The third kappa shape index (κ3) is 3.50. The van der Waals surface area contributed by atoms with Crippen molar-refractivity contribution in [3.8, 4) is 6.07 Å². The van der Waals surface area contributed by atoms with Crippen molar-refractivity contribution >= 4 is 0 Å². The molecule has 0 bridgehead atoms. The molecule has 5 heteroatoms. The van der Waals surface area contributed by atoms with Crippen LogP contribution >= 0.6 is 0 Å². The first-order chi connectivity index (χ1) is 11.7. The molecule has 2 unspecified atom stereocenters. The number of aliphatic hydroxyl groups excluding tert-OH is 1. The maximum Gasteiger partial charge on any atom is 0.123 e. The van der Waals surface area contributed by atoms with E-state index in [4.69, 9.17) is 5.26 Å². The SMILES string of the molecule is N#Cc1ccc(C(C(O)Cc2ccc(F)cc2)n2ccnc2)cc1. The lowest BCUT2D eigenvalue weighted by molar-refractivity contribution is 0.130. The van der Waals surface area contributed by atoms with Crippen LogP contribution in [0.3, 0.4) is 0 Å². The highest BCUT2D eigenvalue weighted by Crippen LogP contribution is 2.25. The number of halogens is 1. The van der Waals surface area contributed by atoms with Crippen LogP contribution in [0, 0.1) is 17.1 Å². The number of benzene rings is 2. The Balaban J connectivity index is 1.89. The molecule has 0 aliphatic rings. The summed E-state index contributed by atoms with van der Waals surface area (Å²) < 4.78 is 14.9. The first-order valence-electron chi connectivity index (χ1n) is 7.57. The van der Waals surface area contributed by atoms with Crippen molar-refractivity contribution < 1.29 is 9.50 Å². The van der Waals surface area contributed by atoms with Crippen LogP contribution in [0.5, 0.6) is 0 Å². The number of imidazole rings is 1. The summed E-state index contributed by atoms with van der Waals surface area (Å²) in [6.07, 6.45) is 4.75. The number of aliphatic hydroxyl groups is 1. The van der Waals surface area contributed by atoms with Gasteiger partial charge in [0.2, 0.25) is 0 Å². The van der Waals surface area contributed by atoms with Crippen LogP contribution in [0.15, 0.2) is 67.3 Å². The normalized spacial score (nSPS) is 13.2. The van der Waals surface area contributed by atoms with Crippen LogP contribution in [0.1, 0.15) is 22.7 Å². The molecule has 0 amide bonds. The van der Waals surface area contributed by atoms with Crippen molar-refractivity contribution in [3.63, 3.8) is 0 Å². The summed E-state index contributed by atoms with van der Waals surface area (Å²) >= 11 is 0. The molecule has 4 nitrogen and oxygen atoms in total. The van der Waals surface area contributed by atoms with Crippen LogP contribution in [-0.4, -0.2) is 20.8 Å². The summed E-state index contributed by atoms with van der Waals surface area (Å²) in [4.78, 5) is 4.05. The molecule has 1 aromatic heterocycles. The van der Waals surface area contributed by atoms with Gasteiger partial charge in [0.05, 0.1) is 30.1 Å². The van der Waals surface area contributed by atoms with Gasteiger partial charge in [-0.25, -0.2) is 9.37 Å². The van der Waals surface area contributed by atoms with Gasteiger partial charge in [0.25, 0.3) is 0 Å².